The number of tetrazole rings is 1. The van der Waals surface area contributed by atoms with E-state index in [-0.39, 0.29) is 11.9 Å². The molecule has 146 valence electrons. The Bertz CT molecular complexity index is 895. The molecular formula is C20H23N5O3. The molecule has 2 N–H and O–H groups in total. The summed E-state index contributed by atoms with van der Waals surface area (Å²) in [5, 5.41) is 16.0. The maximum atomic E-state index is 12.2. The molecule has 0 aliphatic carbocycles. The van der Waals surface area contributed by atoms with Crippen LogP contribution in [0.25, 0.3) is 0 Å². The lowest BCUT2D eigenvalue weighted by molar-refractivity contribution is -0.116. The van der Waals surface area contributed by atoms with E-state index in [1.807, 2.05) is 19.9 Å². The largest absolute Gasteiger partial charge is 0.494 e. The van der Waals surface area contributed by atoms with Crippen molar-refractivity contribution in [1.29, 1.82) is 0 Å². The van der Waals surface area contributed by atoms with Gasteiger partial charge in [0.15, 0.2) is 0 Å². The van der Waals surface area contributed by atoms with Crippen molar-refractivity contribution in [2.75, 3.05) is 11.9 Å². The van der Waals surface area contributed by atoms with Crippen LogP contribution in [0.1, 0.15) is 30.9 Å². The molecule has 0 radical (unpaired) electrons. The molecule has 1 aromatic heterocycles. The van der Waals surface area contributed by atoms with Crippen LogP contribution in [-0.2, 0) is 11.2 Å². The van der Waals surface area contributed by atoms with E-state index < -0.39 is 0 Å². The van der Waals surface area contributed by atoms with E-state index >= 15 is 0 Å². The zero-order chi connectivity index (χ0) is 19.8. The number of hydrogen-bond donors (Lipinski definition) is 2. The van der Waals surface area contributed by atoms with Gasteiger partial charge in [-0.2, -0.15) is 5.21 Å². The molecule has 3 aromatic rings. The minimum absolute atomic E-state index is 0.0190. The summed E-state index contributed by atoms with van der Waals surface area (Å²) in [6, 6.07) is 13.3. The lowest BCUT2D eigenvalue weighted by atomic mass is 10.0. The quantitative estimate of drug-likeness (QED) is 0.586. The average molecular weight is 381 g/mol. The Morgan fingerprint density at radius 1 is 1.18 bits per heavy atom. The molecule has 0 fully saturated rings. The van der Waals surface area contributed by atoms with Gasteiger partial charge in [0.1, 0.15) is 11.5 Å². The summed E-state index contributed by atoms with van der Waals surface area (Å²) in [5.41, 5.74) is 3.03. The average Bonchev–Trinajstić information content (AvgIpc) is 3.19. The van der Waals surface area contributed by atoms with Crippen LogP contribution in [0.2, 0.25) is 0 Å². The number of ether oxygens (including phenoxy) is 2. The van der Waals surface area contributed by atoms with Gasteiger partial charge in [-0.3, -0.25) is 4.79 Å². The Kier molecular flexibility index (Phi) is 6.56. The molecule has 1 heterocycles. The molecule has 0 saturated carbocycles. The number of carbonyl (C=O) groups is 1. The molecule has 8 heteroatoms. The highest BCUT2D eigenvalue weighted by molar-refractivity contribution is 5.90. The highest BCUT2D eigenvalue weighted by Crippen LogP contribution is 2.21. The third kappa shape index (κ3) is 5.54. The fourth-order valence-electron chi connectivity index (χ4n) is 2.77. The lowest BCUT2D eigenvalue weighted by Gasteiger charge is -2.09. The minimum Gasteiger partial charge on any atom is -0.494 e. The molecule has 0 saturated heterocycles. The van der Waals surface area contributed by atoms with Crippen molar-refractivity contribution in [3.63, 3.8) is 0 Å². The predicted molar refractivity (Wildman–Crippen MR) is 105 cm³/mol. The molecule has 0 atom stereocenters. The number of benzene rings is 2. The second-order valence-corrected chi connectivity index (χ2v) is 6.26. The summed E-state index contributed by atoms with van der Waals surface area (Å²) in [6.07, 6.45) is 2.07. The van der Waals surface area contributed by atoms with Gasteiger partial charge in [0, 0.05) is 12.1 Å². The van der Waals surface area contributed by atoms with Gasteiger partial charge in [-0.25, -0.2) is 0 Å². The van der Waals surface area contributed by atoms with Crippen LogP contribution in [-0.4, -0.2) is 33.1 Å². The molecule has 8 nitrogen and oxygen atoms in total. The Morgan fingerprint density at radius 2 is 2.00 bits per heavy atom. The third-order valence-electron chi connectivity index (χ3n) is 4.08. The highest BCUT2D eigenvalue weighted by atomic mass is 16.5. The van der Waals surface area contributed by atoms with Gasteiger partial charge in [-0.05, 0) is 73.4 Å². The Balaban J connectivity index is 1.43. The Labute approximate surface area is 163 Å². The zero-order valence-electron chi connectivity index (χ0n) is 15.9. The van der Waals surface area contributed by atoms with Gasteiger partial charge in [0.2, 0.25) is 5.91 Å². The summed E-state index contributed by atoms with van der Waals surface area (Å²) >= 11 is 0. The maximum Gasteiger partial charge on any atom is 0.361 e. The Hall–Kier alpha value is -3.42. The topological polar surface area (TPSA) is 102 Å². The Morgan fingerprint density at radius 3 is 2.68 bits per heavy atom. The van der Waals surface area contributed by atoms with E-state index in [2.05, 4.69) is 38.1 Å². The lowest BCUT2D eigenvalue weighted by Crippen LogP contribution is -2.11. The van der Waals surface area contributed by atoms with Gasteiger partial charge in [0.05, 0.1) is 6.61 Å². The summed E-state index contributed by atoms with van der Waals surface area (Å²) in [4.78, 5) is 12.2. The molecule has 0 bridgehead atoms. The third-order valence-corrected chi connectivity index (χ3v) is 4.08. The molecule has 3 rings (SSSR count). The van der Waals surface area contributed by atoms with Crippen LogP contribution in [0.5, 0.6) is 17.5 Å². The van der Waals surface area contributed by atoms with Crippen LogP contribution >= 0.6 is 0 Å². The fourth-order valence-corrected chi connectivity index (χ4v) is 2.77. The second-order valence-electron chi connectivity index (χ2n) is 6.26. The number of carbonyl (C=O) groups excluding carboxylic acids is 1. The van der Waals surface area contributed by atoms with E-state index in [0.717, 1.165) is 24.2 Å². The van der Waals surface area contributed by atoms with E-state index in [4.69, 9.17) is 9.47 Å². The number of rotatable bonds is 9. The molecule has 0 aliphatic rings. The molecule has 0 spiro atoms. The van der Waals surface area contributed by atoms with Gasteiger partial charge >= 0.3 is 6.01 Å². The summed E-state index contributed by atoms with van der Waals surface area (Å²) < 4.78 is 10.9. The molecule has 0 aliphatic heterocycles. The first kappa shape index (κ1) is 19.3. The van der Waals surface area contributed by atoms with Crippen molar-refractivity contribution in [3.8, 4) is 17.5 Å². The highest BCUT2D eigenvalue weighted by Gasteiger charge is 2.06. The maximum absolute atomic E-state index is 12.2. The second kappa shape index (κ2) is 9.50. The van der Waals surface area contributed by atoms with Crippen molar-refractivity contribution in [1.82, 2.24) is 20.6 Å². The summed E-state index contributed by atoms with van der Waals surface area (Å²) in [5.74, 6) is 1.45. The zero-order valence-corrected chi connectivity index (χ0v) is 15.9. The SMILES string of the molecule is CCOc1ccc(CCCC(=O)Nc2ccc(Oc3nn[nH]n3)cc2)cc1C. The molecule has 0 unspecified atom stereocenters. The number of nitrogens with one attached hydrogen (secondary N) is 2. The predicted octanol–water partition coefficient (Wildman–Crippen LogP) is 3.66. The number of hydrogen-bond acceptors (Lipinski definition) is 6. The molecule has 2 aromatic carbocycles. The summed E-state index contributed by atoms with van der Waals surface area (Å²) in [7, 11) is 0. The first-order chi connectivity index (χ1) is 13.6. The fraction of sp³-hybridized carbons (Fsp3) is 0.300. The van der Waals surface area contributed by atoms with E-state index in [0.29, 0.717) is 24.5 Å². The molecule has 1 amide bonds. The van der Waals surface area contributed by atoms with Gasteiger partial charge in [0.25, 0.3) is 0 Å². The van der Waals surface area contributed by atoms with Gasteiger partial charge < -0.3 is 14.8 Å². The van der Waals surface area contributed by atoms with Crippen LogP contribution in [0.4, 0.5) is 5.69 Å². The number of aromatic nitrogens is 4. The molecular weight excluding hydrogens is 358 g/mol. The van der Waals surface area contributed by atoms with Crippen LogP contribution in [0.15, 0.2) is 42.5 Å². The van der Waals surface area contributed by atoms with Gasteiger partial charge in [-0.1, -0.05) is 22.3 Å². The van der Waals surface area contributed by atoms with Gasteiger partial charge in [-0.15, -0.1) is 0 Å². The van der Waals surface area contributed by atoms with E-state index in [1.54, 1.807) is 24.3 Å². The first-order valence-corrected chi connectivity index (χ1v) is 9.17. The van der Waals surface area contributed by atoms with E-state index in [9.17, 15) is 4.79 Å². The number of H-pyrrole nitrogens is 1. The number of aryl methyl sites for hydroxylation is 2. The van der Waals surface area contributed by atoms with Crippen LogP contribution in [0, 0.1) is 6.92 Å². The van der Waals surface area contributed by atoms with Crippen molar-refractivity contribution < 1.29 is 14.3 Å². The van der Waals surface area contributed by atoms with Crippen molar-refractivity contribution >= 4 is 11.6 Å². The van der Waals surface area contributed by atoms with Crippen LogP contribution < -0.4 is 14.8 Å². The normalized spacial score (nSPS) is 10.5. The standard InChI is InChI=1S/C20H23N5O3/c1-3-27-18-12-7-15(13-14(18)2)5-4-6-19(26)21-16-8-10-17(11-9-16)28-20-22-24-25-23-20/h7-13H,3-6H2,1-2H3,(H,21,26)(H,22,23,24,25). The minimum atomic E-state index is -0.0190. The number of amides is 1. The smallest absolute Gasteiger partial charge is 0.361 e. The molecule has 28 heavy (non-hydrogen) atoms. The van der Waals surface area contributed by atoms with Crippen molar-refractivity contribution in [2.24, 2.45) is 0 Å². The van der Waals surface area contributed by atoms with E-state index in [1.165, 1.54) is 5.56 Å². The number of aromatic amines is 1. The van der Waals surface area contributed by atoms with Crippen LogP contribution in [0.3, 0.4) is 0 Å². The summed E-state index contributed by atoms with van der Waals surface area (Å²) in [6.45, 7) is 4.66. The van der Waals surface area contributed by atoms with Crippen molar-refractivity contribution in [2.45, 2.75) is 33.1 Å². The number of nitrogens with zero attached hydrogens (tertiary/aromatic N) is 3. The first-order valence-electron chi connectivity index (χ1n) is 9.17. The number of anilines is 1. The monoisotopic (exact) mass is 381 g/mol. The van der Waals surface area contributed by atoms with Crippen molar-refractivity contribution in [3.05, 3.63) is 53.6 Å².